The number of carbonyl (C=O) groups excluding carboxylic acids is 2. The summed E-state index contributed by atoms with van der Waals surface area (Å²) < 4.78 is 90.7. The van der Waals surface area contributed by atoms with Crippen LogP contribution in [0, 0.1) is 13.8 Å². The Kier molecular flexibility index (Phi) is 23.1. The van der Waals surface area contributed by atoms with E-state index in [1.54, 1.807) is 96.9 Å². The number of aliphatic imine (C=N–C) groups is 1. The van der Waals surface area contributed by atoms with Gasteiger partial charge in [-0.3, -0.25) is 33.1 Å². The predicted molar refractivity (Wildman–Crippen MR) is 449 cm³/mol. The van der Waals surface area contributed by atoms with Crippen molar-refractivity contribution in [2.75, 3.05) is 64.2 Å². The second-order valence-electron chi connectivity index (χ2n) is 32.8. The van der Waals surface area contributed by atoms with Crippen LogP contribution in [0.2, 0.25) is 0 Å². The van der Waals surface area contributed by atoms with E-state index in [4.69, 9.17) is 55.6 Å². The van der Waals surface area contributed by atoms with Crippen molar-refractivity contribution in [2.45, 2.75) is 201 Å². The molecule has 32 nitrogen and oxygen atoms in total. The van der Waals surface area contributed by atoms with Crippen molar-refractivity contribution in [3.05, 3.63) is 241 Å². The molecule has 0 spiro atoms. The summed E-state index contributed by atoms with van der Waals surface area (Å²) in [5, 5.41) is 5.51. The third-order valence-electron chi connectivity index (χ3n) is 25.3. The Bertz CT molecular complexity index is 5260. The van der Waals surface area contributed by atoms with E-state index in [9.17, 15) is 24.0 Å². The number of aromatic nitrogens is 8. The molecule has 21 rings (SSSR count). The lowest BCUT2D eigenvalue weighted by atomic mass is 9.96. The van der Waals surface area contributed by atoms with E-state index in [0.717, 1.165) is 69.3 Å². The third kappa shape index (κ3) is 15.3. The summed E-state index contributed by atoms with van der Waals surface area (Å²) in [7, 11) is -0.253. The van der Waals surface area contributed by atoms with Crippen LogP contribution in [0.1, 0.15) is 164 Å². The number of ether oxygens (including phenoxy) is 6. The molecule has 0 radical (unpaired) electrons. The zero-order valence-electron chi connectivity index (χ0n) is 68.2. The van der Waals surface area contributed by atoms with Gasteiger partial charge in [0.25, 0.3) is 43.0 Å². The molecule has 12 aliphatic rings. The van der Waals surface area contributed by atoms with Gasteiger partial charge in [0.1, 0.15) is 83.4 Å². The molecule has 4 aromatic heterocycles. The highest BCUT2D eigenvalue weighted by Crippen LogP contribution is 2.67. The molecule has 9 aromatic rings. The number of anilines is 2. The Morgan fingerprint density at radius 2 is 0.876 bits per heavy atom. The SMILES string of the molecule is CC[C@@]12COC([C@H](n3cc(C)c(NC(=O)c4ccccc4)nc3=O)O1)[C@H]2O[P@@]1O[C@H](c2ccccc2)[C@@H]2CCCN21.CC[C@@]12COC([C@H](n3cc(C)c(NC(=O)c4ccccc4)nc3=O)O1)[C@H]2O[P@]1O[C@@H](c2ccccc2)[C@H]2CCCN21.CC[C@@]12COC([C@H](n3cnc4c(=O)[nH]c(N=CN(C)C)nc43)O1)[C@H]2O[P@]1O[C@@H](c2ccccc2)[C@H]2CCCN21. The van der Waals surface area contributed by atoms with Crippen LogP contribution in [-0.2, 0) is 55.6 Å². The van der Waals surface area contributed by atoms with Gasteiger partial charge < -0.3 is 71.1 Å². The summed E-state index contributed by atoms with van der Waals surface area (Å²) in [6, 6.07) is 49.6. The van der Waals surface area contributed by atoms with E-state index in [0.29, 0.717) is 73.0 Å². The molecule has 2 amide bonds. The number of aryl methyl sites for hydroxylation is 2. The summed E-state index contributed by atoms with van der Waals surface area (Å²) in [4.78, 5) is 90.6. The Morgan fingerprint density at radius 3 is 1.23 bits per heavy atom. The molecule has 5 aromatic carbocycles. The number of amides is 2. The molecular formula is C86H98N15O17P3. The fourth-order valence-corrected chi connectivity index (χ4v) is 24.9. The normalized spacial score (nSPS) is 32.9. The van der Waals surface area contributed by atoms with Crippen molar-refractivity contribution < 1.29 is 65.2 Å². The van der Waals surface area contributed by atoms with Crippen molar-refractivity contribution in [3.8, 4) is 0 Å². The number of aromatic amines is 1. The van der Waals surface area contributed by atoms with Crippen molar-refractivity contribution in [1.29, 1.82) is 0 Å². The van der Waals surface area contributed by atoms with Crippen LogP contribution in [-0.4, -0.2) is 201 Å². The Labute approximate surface area is 702 Å². The largest absolute Gasteiger partial charge is 0.369 e. The number of fused-ring (bicyclic) bond motifs is 10. The summed E-state index contributed by atoms with van der Waals surface area (Å²) in [6.45, 7) is 13.8. The van der Waals surface area contributed by atoms with Gasteiger partial charge in [-0.15, -0.1) is 0 Å². The molecule has 634 valence electrons. The van der Waals surface area contributed by atoms with Gasteiger partial charge in [-0.05, 0) is 113 Å². The molecular weight excluding hydrogens is 1610 g/mol. The second kappa shape index (κ2) is 34.1. The van der Waals surface area contributed by atoms with E-state index >= 15 is 0 Å². The van der Waals surface area contributed by atoms with Crippen LogP contribution in [0.25, 0.3) is 11.2 Å². The first-order chi connectivity index (χ1) is 58.9. The summed E-state index contributed by atoms with van der Waals surface area (Å²) in [5.41, 5.74) is 2.91. The average Bonchev–Trinajstić information content (AvgIpc) is 1.56. The number of H-pyrrole nitrogens is 1. The van der Waals surface area contributed by atoms with Crippen LogP contribution < -0.4 is 27.6 Å². The van der Waals surface area contributed by atoms with Gasteiger partial charge >= 0.3 is 11.4 Å². The minimum Gasteiger partial charge on any atom is -0.369 e. The molecule has 21 atom stereocenters. The fraction of sp³-hybridized carbons (Fsp3) is 0.465. The van der Waals surface area contributed by atoms with E-state index in [2.05, 4.69) is 110 Å². The van der Waals surface area contributed by atoms with Crippen molar-refractivity contribution in [1.82, 2.24) is 57.5 Å². The maximum atomic E-state index is 13.3. The van der Waals surface area contributed by atoms with Crippen LogP contribution in [0.15, 0.2) is 190 Å². The van der Waals surface area contributed by atoms with Gasteiger partial charge in [0, 0.05) is 86.5 Å². The molecule has 0 saturated carbocycles. The molecule has 3 unspecified atom stereocenters. The Morgan fingerprint density at radius 1 is 0.521 bits per heavy atom. The molecule has 0 aliphatic carbocycles. The molecule has 121 heavy (non-hydrogen) atoms. The molecule has 16 heterocycles. The monoisotopic (exact) mass is 1710 g/mol. The highest BCUT2D eigenvalue weighted by Gasteiger charge is 2.68. The lowest BCUT2D eigenvalue weighted by Crippen LogP contribution is -2.41. The number of nitrogens with one attached hydrogen (secondary N) is 3. The van der Waals surface area contributed by atoms with E-state index in [1.807, 2.05) is 82.5 Å². The minimum atomic E-state index is -1.33. The zero-order valence-corrected chi connectivity index (χ0v) is 70.8. The number of benzene rings is 5. The minimum absolute atomic E-state index is 0.0104. The van der Waals surface area contributed by atoms with E-state index in [-0.39, 0.29) is 77.0 Å². The zero-order chi connectivity index (χ0) is 83.0. The van der Waals surface area contributed by atoms with Crippen molar-refractivity contribution in [3.63, 3.8) is 0 Å². The van der Waals surface area contributed by atoms with Crippen LogP contribution >= 0.6 is 25.6 Å². The summed E-state index contributed by atoms with van der Waals surface area (Å²) >= 11 is 0. The highest BCUT2D eigenvalue weighted by atomic mass is 31.2. The Hall–Kier alpha value is -8.69. The Balaban J connectivity index is 0.000000120. The van der Waals surface area contributed by atoms with Gasteiger partial charge in [-0.1, -0.05) is 148 Å². The fourth-order valence-electron chi connectivity index (χ4n) is 18.8. The standard InChI is InChI=1S/2C30H33N4O6P.C26H32N7O5P/c2*1-3-30-18-37-24(25(30)40-41-34-16-10-15-22(34)23(39-41)20-11-6-4-7-12-20)28(38-30)33-17-19(2)26(32-29(33)36)31-27(35)21-13-8-5-9-14-21;1-4-26-13-35-20(21(26)38-39-33-12-8-11-17(33)19(37-39)16-9-6-5-7-10-16)24(36-26)32-15-27-18-22(32)29-25(30-23(18)34)28-14-31(2)3/h2*4-9,11-14,17,22-25,28H,3,10,15-16,18H2,1-2H3,(H,31,32,35,36);5-7,9-10,14-15,17,19-21,24H,4,8,11-13H2,1-3H3,(H,29,30,34)/t22-,23+,24?,25+,28+,30-,41+;22-,23+,24?,25-,28-,30+,41+;17-,19+,20?,21-,24-,26+,39+/m011/s1. The van der Waals surface area contributed by atoms with Gasteiger partial charge in [0.2, 0.25) is 5.95 Å². The smallest absolute Gasteiger partial charge is 0.351 e. The third-order valence-corrected chi connectivity index (χ3v) is 30.5. The first-order valence-electron chi connectivity index (χ1n) is 41.8. The molecule has 35 heteroatoms. The molecule has 3 N–H and O–H groups in total. The number of carbonyl (C=O) groups is 2. The van der Waals surface area contributed by atoms with Crippen molar-refractivity contribution >= 4 is 72.5 Å². The predicted octanol–water partition coefficient (Wildman–Crippen LogP) is 12.7. The van der Waals surface area contributed by atoms with Gasteiger partial charge in [0.05, 0.1) is 32.5 Å². The number of hydrogen-bond acceptors (Lipinski definition) is 25. The number of hydrogen-bond donors (Lipinski definition) is 3. The molecule has 12 saturated heterocycles. The lowest BCUT2D eigenvalue weighted by molar-refractivity contribution is -0.175. The first kappa shape index (κ1) is 81.9. The topological polar surface area (TPSA) is 328 Å². The second-order valence-corrected chi connectivity index (χ2v) is 37.0. The van der Waals surface area contributed by atoms with Gasteiger partial charge in [-0.2, -0.15) is 15.0 Å². The van der Waals surface area contributed by atoms with Crippen LogP contribution in [0.5, 0.6) is 0 Å². The maximum Gasteiger partial charge on any atom is 0.351 e. The average molecular weight is 1710 g/mol. The van der Waals surface area contributed by atoms with Gasteiger partial charge in [-0.25, -0.2) is 33.6 Å². The van der Waals surface area contributed by atoms with E-state index in [1.165, 1.54) is 14.7 Å². The molecule has 12 aliphatic heterocycles. The maximum absolute atomic E-state index is 13.3. The van der Waals surface area contributed by atoms with Crippen LogP contribution in [0.4, 0.5) is 17.6 Å². The molecule has 12 fully saturated rings. The lowest BCUT2D eigenvalue weighted by Gasteiger charge is -2.31. The summed E-state index contributed by atoms with van der Waals surface area (Å²) in [5.74, 6) is -0.0257. The van der Waals surface area contributed by atoms with Crippen LogP contribution in [0.3, 0.4) is 0 Å². The number of nitrogens with zero attached hydrogens (tertiary/aromatic N) is 12. The highest BCUT2D eigenvalue weighted by molar-refractivity contribution is 7.45. The number of imidazole rings is 1. The van der Waals surface area contributed by atoms with Gasteiger partial charge in [0.15, 0.2) is 29.8 Å². The number of rotatable bonds is 21. The summed E-state index contributed by atoms with van der Waals surface area (Å²) in [6.07, 6.45) is 10.5. The quantitative estimate of drug-likeness (QED) is 0.0342. The van der Waals surface area contributed by atoms with Crippen molar-refractivity contribution in [2.24, 2.45) is 4.99 Å². The first-order valence-corrected chi connectivity index (χ1v) is 45.1. The van der Waals surface area contributed by atoms with E-state index < -0.39 is 103 Å². The molecule has 6 bridgehead atoms.